The van der Waals surface area contributed by atoms with E-state index in [4.69, 9.17) is 9.47 Å². The van der Waals surface area contributed by atoms with Crippen LogP contribution in [-0.2, 0) is 11.8 Å². The Morgan fingerprint density at radius 3 is 2.63 bits per heavy atom. The van der Waals surface area contributed by atoms with E-state index in [1.807, 2.05) is 38.1 Å². The zero-order chi connectivity index (χ0) is 21.0. The van der Waals surface area contributed by atoms with Crippen LogP contribution in [0.3, 0.4) is 0 Å². The van der Waals surface area contributed by atoms with E-state index in [2.05, 4.69) is 27.1 Å². The number of anilines is 1. The molecule has 8 nitrogen and oxygen atoms in total. The quantitative estimate of drug-likeness (QED) is 0.713. The summed E-state index contributed by atoms with van der Waals surface area (Å²) < 4.78 is 13.3. The molecule has 0 amide bonds. The van der Waals surface area contributed by atoms with Crippen LogP contribution in [0, 0.1) is 0 Å². The molecule has 30 heavy (non-hydrogen) atoms. The minimum Gasteiger partial charge on any atom is -0.488 e. The number of hydrogen-bond acceptors (Lipinski definition) is 6. The van der Waals surface area contributed by atoms with Gasteiger partial charge in [-0.15, -0.1) is 0 Å². The maximum Gasteiger partial charge on any atom is 0.290 e. The van der Waals surface area contributed by atoms with Gasteiger partial charge in [-0.05, 0) is 57.9 Å². The molecule has 0 radical (unpaired) electrons. The minimum absolute atomic E-state index is 0.0522. The van der Waals surface area contributed by atoms with Gasteiger partial charge >= 0.3 is 0 Å². The molecule has 8 heteroatoms. The van der Waals surface area contributed by atoms with Crippen LogP contribution in [0.25, 0.3) is 22.3 Å². The van der Waals surface area contributed by atoms with E-state index in [0.29, 0.717) is 30.2 Å². The van der Waals surface area contributed by atoms with E-state index in [1.165, 1.54) is 4.68 Å². The summed E-state index contributed by atoms with van der Waals surface area (Å²) in [6.07, 6.45) is 2.27. The van der Waals surface area contributed by atoms with Crippen molar-refractivity contribution in [2.24, 2.45) is 7.05 Å². The van der Waals surface area contributed by atoms with Crippen molar-refractivity contribution >= 4 is 16.6 Å². The van der Waals surface area contributed by atoms with Crippen LogP contribution < -0.4 is 15.2 Å². The molecule has 2 atom stereocenters. The molecule has 1 aromatic carbocycles. The molecule has 2 fully saturated rings. The summed E-state index contributed by atoms with van der Waals surface area (Å²) in [4.78, 5) is 14.9. The van der Waals surface area contributed by atoms with Crippen molar-refractivity contribution in [2.75, 3.05) is 18.0 Å². The second-order valence-corrected chi connectivity index (χ2v) is 8.84. The Morgan fingerprint density at radius 1 is 1.20 bits per heavy atom. The first-order valence-corrected chi connectivity index (χ1v) is 10.5. The number of H-pyrrole nitrogens is 1. The van der Waals surface area contributed by atoms with Gasteiger partial charge in [-0.2, -0.15) is 10.2 Å². The molecule has 1 aliphatic heterocycles. The van der Waals surface area contributed by atoms with Crippen LogP contribution in [0.5, 0.6) is 5.75 Å². The summed E-state index contributed by atoms with van der Waals surface area (Å²) in [6.45, 7) is 7.51. The van der Waals surface area contributed by atoms with E-state index in [9.17, 15) is 4.79 Å². The number of nitrogens with one attached hydrogen (secondary N) is 1. The lowest BCUT2D eigenvalue weighted by Gasteiger charge is -2.36. The minimum atomic E-state index is -0.120. The molecular weight excluding hydrogens is 382 g/mol. The number of hydrogen-bond donors (Lipinski definition) is 1. The Bertz CT molecular complexity index is 1150. The highest BCUT2D eigenvalue weighted by molar-refractivity contribution is 5.93. The van der Waals surface area contributed by atoms with Crippen molar-refractivity contribution in [1.29, 1.82) is 0 Å². The third kappa shape index (κ3) is 3.45. The number of aromatic amines is 1. The maximum atomic E-state index is 12.9. The van der Waals surface area contributed by atoms with E-state index in [0.717, 1.165) is 29.5 Å². The Labute approximate surface area is 174 Å². The van der Waals surface area contributed by atoms with Gasteiger partial charge in [-0.25, -0.2) is 4.68 Å². The standard InChI is InChI=1S/C22H27N5O3/c1-13-11-27(12-14(2)29-13)19-10-18(25-26(4)21(19)28)20-16-9-15(30-22(3)7-8-22)5-6-17(16)23-24-20/h5-6,9-10,13-14H,7-8,11-12H2,1-4H3,(H,23,24)/t13-,14+. The lowest BCUT2D eigenvalue weighted by atomic mass is 10.1. The van der Waals surface area contributed by atoms with E-state index < -0.39 is 0 Å². The van der Waals surface area contributed by atoms with E-state index in [1.54, 1.807) is 7.05 Å². The first-order valence-electron chi connectivity index (χ1n) is 10.5. The van der Waals surface area contributed by atoms with Crippen LogP contribution in [-0.4, -0.2) is 50.9 Å². The Morgan fingerprint density at radius 2 is 1.93 bits per heavy atom. The Kier molecular flexibility index (Phi) is 4.36. The van der Waals surface area contributed by atoms with Crippen molar-refractivity contribution < 1.29 is 9.47 Å². The van der Waals surface area contributed by atoms with Crippen molar-refractivity contribution in [2.45, 2.75) is 51.4 Å². The van der Waals surface area contributed by atoms with Gasteiger partial charge in [0.05, 0.1) is 17.7 Å². The van der Waals surface area contributed by atoms with Crippen molar-refractivity contribution in [1.82, 2.24) is 20.0 Å². The number of aryl methyl sites for hydroxylation is 1. The molecule has 1 aliphatic carbocycles. The zero-order valence-electron chi connectivity index (χ0n) is 17.8. The molecule has 0 spiro atoms. The van der Waals surface area contributed by atoms with Crippen LogP contribution in [0.1, 0.15) is 33.6 Å². The summed E-state index contributed by atoms with van der Waals surface area (Å²) >= 11 is 0. The van der Waals surface area contributed by atoms with Crippen LogP contribution >= 0.6 is 0 Å². The highest BCUT2D eigenvalue weighted by Crippen LogP contribution is 2.40. The number of rotatable bonds is 4. The van der Waals surface area contributed by atoms with Gasteiger partial charge in [0, 0.05) is 25.5 Å². The number of morpholine rings is 1. The predicted octanol–water partition coefficient (Wildman–Crippen LogP) is 2.87. The summed E-state index contributed by atoms with van der Waals surface area (Å²) in [6, 6.07) is 7.78. The second-order valence-electron chi connectivity index (χ2n) is 8.84. The number of fused-ring (bicyclic) bond motifs is 1. The van der Waals surface area contributed by atoms with E-state index >= 15 is 0 Å². The number of ether oxygens (including phenoxy) is 2. The summed E-state index contributed by atoms with van der Waals surface area (Å²) in [7, 11) is 1.68. The van der Waals surface area contributed by atoms with Gasteiger partial charge in [0.1, 0.15) is 28.4 Å². The van der Waals surface area contributed by atoms with E-state index in [-0.39, 0.29) is 23.4 Å². The second kappa shape index (κ2) is 6.84. The molecule has 3 aromatic rings. The monoisotopic (exact) mass is 409 g/mol. The fourth-order valence-corrected chi connectivity index (χ4v) is 4.12. The maximum absolute atomic E-state index is 12.9. The highest BCUT2D eigenvalue weighted by atomic mass is 16.5. The fraction of sp³-hybridized carbons (Fsp3) is 0.500. The molecule has 1 saturated heterocycles. The average molecular weight is 409 g/mol. The van der Waals surface area contributed by atoms with Crippen LogP contribution in [0.15, 0.2) is 29.1 Å². The van der Waals surface area contributed by atoms with Gasteiger partial charge in [-0.3, -0.25) is 9.89 Å². The molecule has 5 rings (SSSR count). The smallest absolute Gasteiger partial charge is 0.290 e. The molecule has 0 bridgehead atoms. The zero-order valence-corrected chi connectivity index (χ0v) is 17.8. The molecule has 3 heterocycles. The van der Waals surface area contributed by atoms with Gasteiger partial charge in [0.15, 0.2) is 0 Å². The first kappa shape index (κ1) is 19.1. The third-order valence-corrected chi connectivity index (χ3v) is 5.90. The van der Waals surface area contributed by atoms with Crippen LogP contribution in [0.2, 0.25) is 0 Å². The van der Waals surface area contributed by atoms with Gasteiger partial charge in [-0.1, -0.05) is 0 Å². The summed E-state index contributed by atoms with van der Waals surface area (Å²) in [5.74, 6) is 0.825. The predicted molar refractivity (Wildman–Crippen MR) is 115 cm³/mol. The molecule has 0 unspecified atom stereocenters. The molecule has 2 aliphatic rings. The number of nitrogens with zero attached hydrogens (tertiary/aromatic N) is 4. The third-order valence-electron chi connectivity index (χ3n) is 5.90. The molecule has 158 valence electrons. The molecular formula is C22H27N5O3. The average Bonchev–Trinajstić information content (AvgIpc) is 3.26. The van der Waals surface area contributed by atoms with Gasteiger partial charge in [0.2, 0.25) is 0 Å². The van der Waals surface area contributed by atoms with Gasteiger partial charge in [0.25, 0.3) is 5.56 Å². The fourth-order valence-electron chi connectivity index (χ4n) is 4.12. The Hall–Kier alpha value is -2.87. The lowest BCUT2D eigenvalue weighted by molar-refractivity contribution is -0.00532. The molecule has 1 N–H and O–H groups in total. The van der Waals surface area contributed by atoms with Gasteiger partial charge < -0.3 is 14.4 Å². The number of aromatic nitrogens is 4. The number of benzene rings is 1. The topological polar surface area (TPSA) is 85.3 Å². The summed E-state index contributed by atoms with van der Waals surface area (Å²) in [5, 5.41) is 13.0. The van der Waals surface area contributed by atoms with Crippen molar-refractivity contribution in [3.63, 3.8) is 0 Å². The van der Waals surface area contributed by atoms with Crippen LogP contribution in [0.4, 0.5) is 5.69 Å². The normalized spacial score (nSPS) is 23.0. The summed E-state index contributed by atoms with van der Waals surface area (Å²) in [5.41, 5.74) is 2.72. The first-order chi connectivity index (χ1) is 14.3. The van der Waals surface area contributed by atoms with Crippen molar-refractivity contribution in [3.05, 3.63) is 34.6 Å². The lowest BCUT2D eigenvalue weighted by Crippen LogP contribution is -2.47. The van der Waals surface area contributed by atoms with Crippen molar-refractivity contribution in [3.8, 4) is 17.1 Å². The SMILES string of the molecule is C[C@@H]1CN(c2cc(-c3n[nH]c4ccc(OC5(C)CC5)cc34)nn(C)c2=O)C[C@H](C)O1. The highest BCUT2D eigenvalue weighted by Gasteiger charge is 2.40. The largest absolute Gasteiger partial charge is 0.488 e. The molecule has 2 aromatic heterocycles. The molecule has 1 saturated carbocycles. The Balaban J connectivity index is 1.57.